The van der Waals surface area contributed by atoms with E-state index in [2.05, 4.69) is 12.2 Å². The molecule has 1 saturated carbocycles. The third-order valence-electron chi connectivity index (χ3n) is 4.29. The molecule has 118 valence electrons. The number of hydrogen-bond donors (Lipinski definition) is 1. The van der Waals surface area contributed by atoms with Crippen LogP contribution in [-0.4, -0.2) is 26.8 Å². The minimum atomic E-state index is -3.06. The van der Waals surface area contributed by atoms with Crippen LogP contribution in [0.4, 0.5) is 0 Å². The highest BCUT2D eigenvalue weighted by atomic mass is 32.2. The number of hydrogen-bond acceptors (Lipinski definition) is 3. The van der Waals surface area contributed by atoms with Gasteiger partial charge in [0.25, 0.3) is 0 Å². The first-order chi connectivity index (χ1) is 10.1. The molecule has 0 amide bonds. The largest absolute Gasteiger partial charge is 0.313 e. The second-order valence-corrected chi connectivity index (χ2v) is 8.25. The van der Waals surface area contributed by atoms with E-state index >= 15 is 0 Å². The van der Waals surface area contributed by atoms with Gasteiger partial charge in [0.05, 0.1) is 11.5 Å². The smallest absolute Gasteiger partial charge is 0.155 e. The highest BCUT2D eigenvalue weighted by Crippen LogP contribution is 2.28. The van der Waals surface area contributed by atoms with E-state index in [9.17, 15) is 8.42 Å². The van der Waals surface area contributed by atoms with E-state index < -0.39 is 9.84 Å². The van der Waals surface area contributed by atoms with Crippen LogP contribution >= 0.6 is 0 Å². The van der Waals surface area contributed by atoms with Gasteiger partial charge in [-0.3, -0.25) is 0 Å². The highest BCUT2D eigenvalue weighted by Gasteiger charge is 2.28. The molecule has 1 aliphatic rings. The first kappa shape index (κ1) is 16.5. The first-order valence-electron chi connectivity index (χ1n) is 8.08. The minimum Gasteiger partial charge on any atom is -0.313 e. The molecule has 2 rings (SSSR count). The first-order valence-corrected chi connectivity index (χ1v) is 9.90. The summed E-state index contributed by atoms with van der Waals surface area (Å²) in [7, 11) is -3.06. The maximum absolute atomic E-state index is 12.5. The van der Waals surface area contributed by atoms with Gasteiger partial charge < -0.3 is 5.32 Å². The van der Waals surface area contributed by atoms with Gasteiger partial charge in [0.2, 0.25) is 0 Å². The summed E-state index contributed by atoms with van der Waals surface area (Å²) in [6.45, 7) is 3.03. The Morgan fingerprint density at radius 1 is 1.19 bits per heavy atom. The van der Waals surface area contributed by atoms with E-state index in [0.717, 1.165) is 18.5 Å². The van der Waals surface area contributed by atoms with Gasteiger partial charge in [-0.25, -0.2) is 8.42 Å². The Morgan fingerprint density at radius 2 is 1.86 bits per heavy atom. The van der Waals surface area contributed by atoms with Crippen LogP contribution in [0.1, 0.15) is 44.6 Å². The van der Waals surface area contributed by atoms with E-state index in [-0.39, 0.29) is 17.5 Å². The zero-order valence-corrected chi connectivity index (χ0v) is 13.7. The van der Waals surface area contributed by atoms with E-state index in [1.807, 2.05) is 30.3 Å². The van der Waals surface area contributed by atoms with Crippen molar-refractivity contribution in [2.24, 2.45) is 5.92 Å². The molecule has 0 radical (unpaired) electrons. The predicted molar refractivity (Wildman–Crippen MR) is 88.0 cm³/mol. The molecular formula is C17H27NO2S. The lowest BCUT2D eigenvalue weighted by atomic mass is 10.00. The molecule has 1 aromatic carbocycles. The standard InChI is InChI=1S/C17H27NO2S/c1-2-12-18-17(16-10-6-7-11-16)14-21(19,20)13-15-8-4-3-5-9-15/h3-5,8-9,16-18H,2,6-7,10-14H2,1H3. The average Bonchev–Trinajstić information content (AvgIpc) is 2.98. The summed E-state index contributed by atoms with van der Waals surface area (Å²) in [5.74, 6) is 0.958. The quantitative estimate of drug-likeness (QED) is 0.802. The molecule has 0 bridgehead atoms. The van der Waals surface area contributed by atoms with Crippen molar-refractivity contribution in [2.75, 3.05) is 12.3 Å². The molecule has 1 atom stereocenters. The van der Waals surface area contributed by atoms with E-state index in [0.29, 0.717) is 5.92 Å². The van der Waals surface area contributed by atoms with Gasteiger partial charge in [-0.15, -0.1) is 0 Å². The minimum absolute atomic E-state index is 0.126. The van der Waals surface area contributed by atoms with Gasteiger partial charge in [-0.1, -0.05) is 50.1 Å². The number of benzene rings is 1. The van der Waals surface area contributed by atoms with Crippen molar-refractivity contribution in [3.05, 3.63) is 35.9 Å². The predicted octanol–water partition coefficient (Wildman–Crippen LogP) is 3.16. The molecule has 4 heteroatoms. The SMILES string of the molecule is CCCNC(CS(=O)(=O)Cc1ccccc1)C1CCCC1. The second-order valence-electron chi connectivity index (χ2n) is 6.15. The van der Waals surface area contributed by atoms with Gasteiger partial charge in [0, 0.05) is 6.04 Å². The second kappa shape index (κ2) is 7.95. The molecule has 21 heavy (non-hydrogen) atoms. The maximum Gasteiger partial charge on any atom is 0.155 e. The third kappa shape index (κ3) is 5.44. The lowest BCUT2D eigenvalue weighted by molar-refractivity contribution is 0.382. The molecule has 1 fully saturated rings. The van der Waals surface area contributed by atoms with Crippen LogP contribution in [0.5, 0.6) is 0 Å². The third-order valence-corrected chi connectivity index (χ3v) is 5.93. The van der Waals surface area contributed by atoms with Crippen molar-refractivity contribution < 1.29 is 8.42 Å². The molecule has 1 aromatic rings. The van der Waals surface area contributed by atoms with Gasteiger partial charge in [-0.2, -0.15) is 0 Å². The molecule has 3 nitrogen and oxygen atoms in total. The van der Waals surface area contributed by atoms with Crippen molar-refractivity contribution in [1.82, 2.24) is 5.32 Å². The molecule has 1 unspecified atom stereocenters. The summed E-state index contributed by atoms with van der Waals surface area (Å²) in [6.07, 6.45) is 5.87. The average molecular weight is 309 g/mol. The lowest BCUT2D eigenvalue weighted by Gasteiger charge is -2.24. The molecule has 0 aromatic heterocycles. The summed E-state index contributed by atoms with van der Waals surface area (Å²) in [5, 5.41) is 3.47. The van der Waals surface area contributed by atoms with Gasteiger partial charge >= 0.3 is 0 Å². The summed E-state index contributed by atoms with van der Waals surface area (Å²) >= 11 is 0. The summed E-state index contributed by atoms with van der Waals surface area (Å²) in [5.41, 5.74) is 0.887. The molecule has 1 N–H and O–H groups in total. The topological polar surface area (TPSA) is 46.2 Å². The van der Waals surface area contributed by atoms with Gasteiger partial charge in [0.1, 0.15) is 0 Å². The zero-order valence-electron chi connectivity index (χ0n) is 12.9. The lowest BCUT2D eigenvalue weighted by Crippen LogP contribution is -2.41. The Bertz CT molecular complexity index is 507. The zero-order chi connectivity index (χ0) is 15.1. The fourth-order valence-electron chi connectivity index (χ4n) is 3.21. The van der Waals surface area contributed by atoms with Crippen molar-refractivity contribution in [3.8, 4) is 0 Å². The Morgan fingerprint density at radius 3 is 2.48 bits per heavy atom. The fraction of sp³-hybridized carbons (Fsp3) is 0.647. The number of rotatable bonds is 8. The highest BCUT2D eigenvalue weighted by molar-refractivity contribution is 7.90. The normalized spacial score (nSPS) is 18.0. The summed E-state index contributed by atoms with van der Waals surface area (Å²) < 4.78 is 25.0. The van der Waals surface area contributed by atoms with Crippen LogP contribution in [0.25, 0.3) is 0 Å². The molecule has 0 aliphatic heterocycles. The van der Waals surface area contributed by atoms with Crippen molar-refractivity contribution in [3.63, 3.8) is 0 Å². The molecule has 0 saturated heterocycles. The molecule has 1 aliphatic carbocycles. The van der Waals surface area contributed by atoms with Crippen molar-refractivity contribution >= 4 is 9.84 Å². The van der Waals surface area contributed by atoms with E-state index in [1.54, 1.807) is 0 Å². The number of nitrogens with one attached hydrogen (secondary N) is 1. The van der Waals surface area contributed by atoms with Crippen LogP contribution in [0, 0.1) is 5.92 Å². The molecule has 0 spiro atoms. The van der Waals surface area contributed by atoms with Crippen LogP contribution in [0.2, 0.25) is 0 Å². The van der Waals surface area contributed by atoms with Crippen LogP contribution < -0.4 is 5.32 Å². The van der Waals surface area contributed by atoms with Crippen LogP contribution in [-0.2, 0) is 15.6 Å². The van der Waals surface area contributed by atoms with E-state index in [1.165, 1.54) is 25.7 Å². The maximum atomic E-state index is 12.5. The molecule has 0 heterocycles. The van der Waals surface area contributed by atoms with Crippen LogP contribution in [0.15, 0.2) is 30.3 Å². The van der Waals surface area contributed by atoms with Crippen molar-refractivity contribution in [1.29, 1.82) is 0 Å². The monoisotopic (exact) mass is 309 g/mol. The van der Waals surface area contributed by atoms with Crippen molar-refractivity contribution in [2.45, 2.75) is 50.8 Å². The molecular weight excluding hydrogens is 282 g/mol. The van der Waals surface area contributed by atoms with Crippen LogP contribution in [0.3, 0.4) is 0 Å². The Kier molecular flexibility index (Phi) is 6.24. The Hall–Kier alpha value is -0.870. The summed E-state index contributed by atoms with van der Waals surface area (Å²) in [6, 6.07) is 9.62. The Labute approximate surface area is 129 Å². The van der Waals surface area contributed by atoms with Gasteiger partial charge in [0.15, 0.2) is 9.84 Å². The Balaban J connectivity index is 2.00. The fourth-order valence-corrected chi connectivity index (χ4v) is 4.97. The number of sulfone groups is 1. The summed E-state index contributed by atoms with van der Waals surface area (Å²) in [4.78, 5) is 0. The van der Waals surface area contributed by atoms with E-state index in [4.69, 9.17) is 0 Å². The van der Waals surface area contributed by atoms with Gasteiger partial charge in [-0.05, 0) is 37.3 Å².